The van der Waals surface area contributed by atoms with Gasteiger partial charge in [-0.2, -0.15) is 0 Å². The zero-order valence-electron chi connectivity index (χ0n) is 11.2. The largest absolute Gasteiger partial charge is 0.495 e. The van der Waals surface area contributed by atoms with Crippen LogP contribution in [0.15, 0.2) is 36.5 Å². The average molecular weight is 273 g/mol. The van der Waals surface area contributed by atoms with Crippen LogP contribution in [-0.4, -0.2) is 25.1 Å². The number of nitrogens with one attached hydrogen (secondary N) is 1. The van der Waals surface area contributed by atoms with Crippen molar-refractivity contribution in [3.8, 4) is 11.6 Å². The van der Waals surface area contributed by atoms with E-state index in [1.807, 2.05) is 0 Å². The molecule has 2 aromatic rings. The summed E-state index contributed by atoms with van der Waals surface area (Å²) in [5, 5.41) is 2.73. The van der Waals surface area contributed by atoms with Gasteiger partial charge in [-0.25, -0.2) is 4.98 Å². The molecule has 0 radical (unpaired) electrons. The predicted molar refractivity (Wildman–Crippen MR) is 76.1 cm³/mol. The molecule has 1 amide bonds. The topological polar surface area (TPSA) is 86.5 Å². The van der Waals surface area contributed by atoms with Gasteiger partial charge in [0.2, 0.25) is 5.88 Å². The number of hydrogen-bond donors (Lipinski definition) is 2. The smallest absolute Gasteiger partial charge is 0.255 e. The van der Waals surface area contributed by atoms with Crippen LogP contribution in [0.4, 0.5) is 11.4 Å². The fourth-order valence-corrected chi connectivity index (χ4v) is 1.70. The molecule has 6 nitrogen and oxygen atoms in total. The fraction of sp³-hybridized carbons (Fsp3) is 0.143. The number of nitrogens with zero attached hydrogens (tertiary/aromatic N) is 1. The monoisotopic (exact) mass is 273 g/mol. The van der Waals surface area contributed by atoms with Gasteiger partial charge in [0.25, 0.3) is 5.91 Å². The van der Waals surface area contributed by atoms with Crippen molar-refractivity contribution in [2.75, 3.05) is 25.3 Å². The third-order valence-corrected chi connectivity index (χ3v) is 2.71. The molecule has 1 aromatic carbocycles. The average Bonchev–Trinajstić information content (AvgIpc) is 2.48. The van der Waals surface area contributed by atoms with Crippen molar-refractivity contribution in [2.24, 2.45) is 0 Å². The molecule has 20 heavy (non-hydrogen) atoms. The second kappa shape index (κ2) is 5.92. The molecular weight excluding hydrogens is 258 g/mol. The Bertz CT molecular complexity index is 629. The Labute approximate surface area is 116 Å². The molecule has 0 saturated heterocycles. The maximum absolute atomic E-state index is 12.2. The number of nitrogen functional groups attached to an aromatic ring is 1. The summed E-state index contributed by atoms with van der Waals surface area (Å²) in [5.74, 6) is 0.508. The summed E-state index contributed by atoms with van der Waals surface area (Å²) in [6, 6.07) is 8.23. The van der Waals surface area contributed by atoms with Crippen LogP contribution in [0.3, 0.4) is 0 Å². The van der Waals surface area contributed by atoms with Gasteiger partial charge in [0.05, 0.1) is 19.9 Å². The first-order valence-electron chi connectivity index (χ1n) is 5.89. The summed E-state index contributed by atoms with van der Waals surface area (Å²) in [6.45, 7) is 0. The highest BCUT2D eigenvalue weighted by atomic mass is 16.5. The summed E-state index contributed by atoms with van der Waals surface area (Å²) < 4.78 is 10.2. The molecule has 0 fully saturated rings. The van der Waals surface area contributed by atoms with Gasteiger partial charge < -0.3 is 20.5 Å². The zero-order valence-corrected chi connectivity index (χ0v) is 11.2. The molecule has 0 spiro atoms. The van der Waals surface area contributed by atoms with Gasteiger partial charge in [-0.3, -0.25) is 4.79 Å². The first kappa shape index (κ1) is 13.7. The standard InChI is InChI=1S/C14H15N3O3/c1-19-12-8-9(5-6-10(12)15)13(18)17-11-4-3-7-16-14(11)20-2/h3-8H,15H2,1-2H3,(H,17,18). The van der Waals surface area contributed by atoms with Crippen LogP contribution < -0.4 is 20.5 Å². The van der Waals surface area contributed by atoms with Crippen molar-refractivity contribution in [1.29, 1.82) is 0 Å². The third-order valence-electron chi connectivity index (χ3n) is 2.71. The first-order chi connectivity index (χ1) is 9.65. The number of rotatable bonds is 4. The van der Waals surface area contributed by atoms with Crippen molar-refractivity contribution < 1.29 is 14.3 Å². The molecule has 0 bridgehead atoms. The van der Waals surface area contributed by atoms with E-state index in [-0.39, 0.29) is 5.91 Å². The van der Waals surface area contributed by atoms with Gasteiger partial charge in [-0.1, -0.05) is 0 Å². The van der Waals surface area contributed by atoms with E-state index in [0.29, 0.717) is 28.6 Å². The summed E-state index contributed by atoms with van der Waals surface area (Å²) >= 11 is 0. The highest BCUT2D eigenvalue weighted by molar-refractivity contribution is 6.05. The molecule has 0 atom stereocenters. The van der Waals surface area contributed by atoms with Gasteiger partial charge in [-0.05, 0) is 30.3 Å². The van der Waals surface area contributed by atoms with E-state index in [2.05, 4.69) is 10.3 Å². The lowest BCUT2D eigenvalue weighted by molar-refractivity contribution is 0.102. The van der Waals surface area contributed by atoms with Crippen LogP contribution >= 0.6 is 0 Å². The molecule has 0 saturated carbocycles. The van der Waals surface area contributed by atoms with E-state index in [1.54, 1.807) is 36.5 Å². The minimum atomic E-state index is -0.297. The second-order valence-corrected chi connectivity index (χ2v) is 3.97. The van der Waals surface area contributed by atoms with Gasteiger partial charge in [0.1, 0.15) is 11.4 Å². The van der Waals surface area contributed by atoms with E-state index >= 15 is 0 Å². The lowest BCUT2D eigenvalue weighted by atomic mass is 10.1. The third kappa shape index (κ3) is 2.80. The highest BCUT2D eigenvalue weighted by Crippen LogP contribution is 2.24. The van der Waals surface area contributed by atoms with Crippen molar-refractivity contribution in [1.82, 2.24) is 4.98 Å². The predicted octanol–water partition coefficient (Wildman–Crippen LogP) is 1.93. The Kier molecular flexibility index (Phi) is 4.05. The molecule has 1 heterocycles. The molecule has 0 aliphatic heterocycles. The van der Waals surface area contributed by atoms with E-state index < -0.39 is 0 Å². The molecule has 104 valence electrons. The first-order valence-corrected chi connectivity index (χ1v) is 5.89. The molecule has 2 rings (SSSR count). The number of hydrogen-bond acceptors (Lipinski definition) is 5. The van der Waals surface area contributed by atoms with Crippen LogP contribution in [0, 0.1) is 0 Å². The Morgan fingerprint density at radius 3 is 2.75 bits per heavy atom. The van der Waals surface area contributed by atoms with E-state index in [1.165, 1.54) is 14.2 Å². The zero-order chi connectivity index (χ0) is 14.5. The number of aromatic nitrogens is 1. The number of anilines is 2. The van der Waals surface area contributed by atoms with Crippen molar-refractivity contribution >= 4 is 17.3 Å². The number of benzene rings is 1. The lowest BCUT2D eigenvalue weighted by Gasteiger charge is -2.10. The summed E-state index contributed by atoms with van der Waals surface area (Å²) in [7, 11) is 2.99. The molecule has 1 aromatic heterocycles. The molecule has 3 N–H and O–H groups in total. The summed E-state index contributed by atoms with van der Waals surface area (Å²) in [6.07, 6.45) is 1.58. The number of methoxy groups -OCH3 is 2. The normalized spacial score (nSPS) is 9.90. The minimum absolute atomic E-state index is 0.297. The van der Waals surface area contributed by atoms with E-state index in [4.69, 9.17) is 15.2 Å². The number of carbonyl (C=O) groups excluding carboxylic acids is 1. The van der Waals surface area contributed by atoms with Crippen LogP contribution in [0.5, 0.6) is 11.6 Å². The number of nitrogens with two attached hydrogens (primary N) is 1. The number of carbonyl (C=O) groups is 1. The van der Waals surface area contributed by atoms with Crippen molar-refractivity contribution in [2.45, 2.75) is 0 Å². The lowest BCUT2D eigenvalue weighted by Crippen LogP contribution is -2.13. The van der Waals surface area contributed by atoms with Crippen LogP contribution in [0.2, 0.25) is 0 Å². The molecule has 0 aliphatic carbocycles. The second-order valence-electron chi connectivity index (χ2n) is 3.97. The maximum Gasteiger partial charge on any atom is 0.255 e. The van der Waals surface area contributed by atoms with Gasteiger partial charge in [0, 0.05) is 11.8 Å². The Morgan fingerprint density at radius 1 is 1.25 bits per heavy atom. The van der Waals surface area contributed by atoms with E-state index in [9.17, 15) is 4.79 Å². The minimum Gasteiger partial charge on any atom is -0.495 e. The summed E-state index contributed by atoms with van der Waals surface area (Å²) in [4.78, 5) is 16.2. The van der Waals surface area contributed by atoms with Gasteiger partial charge >= 0.3 is 0 Å². The molecule has 0 aliphatic rings. The van der Waals surface area contributed by atoms with Crippen LogP contribution in [-0.2, 0) is 0 Å². The number of ether oxygens (including phenoxy) is 2. The number of amides is 1. The SMILES string of the molecule is COc1cc(C(=O)Nc2cccnc2OC)ccc1N. The number of pyridine rings is 1. The molecular formula is C14H15N3O3. The summed E-state index contributed by atoms with van der Waals surface area (Å²) in [5.41, 5.74) is 7.12. The van der Waals surface area contributed by atoms with Crippen molar-refractivity contribution in [3.05, 3.63) is 42.1 Å². The molecule has 0 unspecified atom stereocenters. The van der Waals surface area contributed by atoms with E-state index in [0.717, 1.165) is 0 Å². The maximum atomic E-state index is 12.2. The van der Waals surface area contributed by atoms with Gasteiger partial charge in [-0.15, -0.1) is 0 Å². The van der Waals surface area contributed by atoms with Crippen molar-refractivity contribution in [3.63, 3.8) is 0 Å². The fourth-order valence-electron chi connectivity index (χ4n) is 1.70. The van der Waals surface area contributed by atoms with Crippen LogP contribution in [0.1, 0.15) is 10.4 Å². The van der Waals surface area contributed by atoms with Gasteiger partial charge in [0.15, 0.2) is 0 Å². The highest BCUT2D eigenvalue weighted by Gasteiger charge is 2.12. The quantitative estimate of drug-likeness (QED) is 0.831. The Morgan fingerprint density at radius 2 is 2.05 bits per heavy atom. The Balaban J connectivity index is 2.24. The molecule has 6 heteroatoms. The van der Waals surface area contributed by atoms with Crippen LogP contribution in [0.25, 0.3) is 0 Å². The Hall–Kier alpha value is -2.76.